The van der Waals surface area contributed by atoms with Gasteiger partial charge < -0.3 is 14.5 Å². The van der Waals surface area contributed by atoms with E-state index in [1.54, 1.807) is 13.0 Å². The first kappa shape index (κ1) is 15.5. The monoisotopic (exact) mass is 265 g/mol. The van der Waals surface area contributed by atoms with Crippen LogP contribution in [-0.4, -0.2) is 26.2 Å². The second-order valence-electron chi connectivity index (χ2n) is 4.44. The number of hydrogen-bond acceptors (Lipinski definition) is 4. The Morgan fingerprint density at radius 3 is 2.79 bits per heavy atom. The van der Waals surface area contributed by atoms with Crippen molar-refractivity contribution >= 4 is 12.0 Å². The SMILES string of the molecule is CCCNCC(=Cc1cc(C(=O)OC)c(C)o1)CC. The van der Waals surface area contributed by atoms with Gasteiger partial charge in [-0.25, -0.2) is 4.79 Å². The number of ether oxygens (including phenoxy) is 1. The highest BCUT2D eigenvalue weighted by atomic mass is 16.5. The summed E-state index contributed by atoms with van der Waals surface area (Å²) in [5.41, 5.74) is 1.74. The van der Waals surface area contributed by atoms with Crippen LogP contribution in [0, 0.1) is 6.92 Å². The largest absolute Gasteiger partial charge is 0.465 e. The van der Waals surface area contributed by atoms with Crippen LogP contribution in [0.15, 0.2) is 16.1 Å². The number of esters is 1. The van der Waals surface area contributed by atoms with Crippen LogP contribution in [0.5, 0.6) is 0 Å². The van der Waals surface area contributed by atoms with Crippen LogP contribution in [0.1, 0.15) is 48.6 Å². The lowest BCUT2D eigenvalue weighted by atomic mass is 10.1. The van der Waals surface area contributed by atoms with Gasteiger partial charge in [0.1, 0.15) is 17.1 Å². The molecule has 0 unspecified atom stereocenters. The summed E-state index contributed by atoms with van der Waals surface area (Å²) in [6.45, 7) is 7.86. The molecule has 0 bridgehead atoms. The Bertz CT molecular complexity index is 446. The molecule has 0 aliphatic heterocycles. The molecule has 4 heteroatoms. The van der Waals surface area contributed by atoms with Crippen LogP contribution in [0.4, 0.5) is 0 Å². The summed E-state index contributed by atoms with van der Waals surface area (Å²) in [5.74, 6) is 0.936. The van der Waals surface area contributed by atoms with Crippen LogP contribution in [0.2, 0.25) is 0 Å². The number of aryl methyl sites for hydroxylation is 1. The van der Waals surface area contributed by atoms with Crippen molar-refractivity contribution in [3.05, 3.63) is 28.7 Å². The van der Waals surface area contributed by atoms with Crippen LogP contribution in [0.25, 0.3) is 6.08 Å². The van der Waals surface area contributed by atoms with Crippen molar-refractivity contribution < 1.29 is 13.9 Å². The Labute approximate surface area is 114 Å². The lowest BCUT2D eigenvalue weighted by Gasteiger charge is -2.05. The molecular formula is C15H23NO3. The molecule has 0 radical (unpaired) electrons. The van der Waals surface area contributed by atoms with Crippen molar-refractivity contribution in [3.63, 3.8) is 0 Å². The van der Waals surface area contributed by atoms with Gasteiger partial charge in [-0.15, -0.1) is 0 Å². The summed E-state index contributed by atoms with van der Waals surface area (Å²) < 4.78 is 10.3. The molecule has 1 heterocycles. The van der Waals surface area contributed by atoms with E-state index in [4.69, 9.17) is 9.15 Å². The van der Waals surface area contributed by atoms with Gasteiger partial charge in [-0.1, -0.05) is 19.4 Å². The fraction of sp³-hybridized carbons (Fsp3) is 0.533. The quantitative estimate of drug-likeness (QED) is 0.607. The number of rotatable bonds is 7. The zero-order chi connectivity index (χ0) is 14.3. The number of furan rings is 1. The van der Waals surface area contributed by atoms with E-state index in [0.717, 1.165) is 25.9 Å². The van der Waals surface area contributed by atoms with Crippen molar-refractivity contribution in [2.24, 2.45) is 0 Å². The Morgan fingerprint density at radius 1 is 1.47 bits per heavy atom. The van der Waals surface area contributed by atoms with E-state index >= 15 is 0 Å². The minimum atomic E-state index is -0.358. The van der Waals surface area contributed by atoms with Gasteiger partial charge in [-0.05, 0) is 38.5 Å². The molecule has 1 aromatic rings. The van der Waals surface area contributed by atoms with Crippen LogP contribution in [-0.2, 0) is 4.74 Å². The first-order chi connectivity index (χ1) is 9.12. The fourth-order valence-corrected chi connectivity index (χ4v) is 1.79. The van der Waals surface area contributed by atoms with Crippen molar-refractivity contribution in [1.29, 1.82) is 0 Å². The number of carbonyl (C=O) groups excluding carboxylic acids is 1. The maximum absolute atomic E-state index is 11.5. The van der Waals surface area contributed by atoms with Crippen LogP contribution < -0.4 is 5.32 Å². The van der Waals surface area contributed by atoms with Gasteiger partial charge in [0.15, 0.2) is 0 Å². The number of carbonyl (C=O) groups is 1. The predicted octanol–water partition coefficient (Wildman–Crippen LogP) is 3.17. The maximum Gasteiger partial charge on any atom is 0.341 e. The molecule has 0 amide bonds. The zero-order valence-electron chi connectivity index (χ0n) is 12.2. The van der Waals surface area contributed by atoms with Gasteiger partial charge >= 0.3 is 5.97 Å². The molecule has 1 rings (SSSR count). The molecule has 0 fully saturated rings. The van der Waals surface area contributed by atoms with Crippen molar-refractivity contribution in [1.82, 2.24) is 5.32 Å². The van der Waals surface area contributed by atoms with E-state index in [-0.39, 0.29) is 5.97 Å². The lowest BCUT2D eigenvalue weighted by molar-refractivity contribution is 0.0599. The van der Waals surface area contributed by atoms with Crippen molar-refractivity contribution in [2.45, 2.75) is 33.6 Å². The minimum Gasteiger partial charge on any atom is -0.465 e. The van der Waals surface area contributed by atoms with E-state index in [1.807, 2.05) is 6.08 Å². The first-order valence-corrected chi connectivity index (χ1v) is 6.71. The smallest absolute Gasteiger partial charge is 0.341 e. The molecule has 106 valence electrons. The number of nitrogens with one attached hydrogen (secondary N) is 1. The summed E-state index contributed by atoms with van der Waals surface area (Å²) in [7, 11) is 1.37. The molecule has 19 heavy (non-hydrogen) atoms. The highest BCUT2D eigenvalue weighted by Crippen LogP contribution is 2.18. The van der Waals surface area contributed by atoms with E-state index in [2.05, 4.69) is 19.2 Å². The standard InChI is InChI=1S/C15H23NO3/c1-5-7-16-10-12(6-2)8-13-9-14(11(3)19-13)15(17)18-4/h8-9,16H,5-7,10H2,1-4H3. The number of hydrogen-bond donors (Lipinski definition) is 1. The Balaban J connectivity index is 2.81. The van der Waals surface area contributed by atoms with Gasteiger partial charge in [0.2, 0.25) is 0 Å². The first-order valence-electron chi connectivity index (χ1n) is 6.71. The summed E-state index contributed by atoms with van der Waals surface area (Å²) in [6, 6.07) is 1.73. The predicted molar refractivity (Wildman–Crippen MR) is 76.2 cm³/mol. The van der Waals surface area contributed by atoms with E-state index < -0.39 is 0 Å². The zero-order valence-corrected chi connectivity index (χ0v) is 12.2. The van der Waals surface area contributed by atoms with Crippen molar-refractivity contribution in [2.75, 3.05) is 20.2 Å². The van der Waals surface area contributed by atoms with Gasteiger partial charge in [-0.3, -0.25) is 0 Å². The van der Waals surface area contributed by atoms with Crippen LogP contribution in [0.3, 0.4) is 0 Å². The summed E-state index contributed by atoms with van der Waals surface area (Å²) in [5, 5.41) is 3.36. The summed E-state index contributed by atoms with van der Waals surface area (Å²) in [6.07, 6.45) is 4.05. The summed E-state index contributed by atoms with van der Waals surface area (Å²) in [4.78, 5) is 11.5. The second-order valence-corrected chi connectivity index (χ2v) is 4.44. The van der Waals surface area contributed by atoms with E-state index in [0.29, 0.717) is 17.1 Å². The molecule has 0 saturated carbocycles. The fourth-order valence-electron chi connectivity index (χ4n) is 1.79. The van der Waals surface area contributed by atoms with Crippen LogP contribution >= 0.6 is 0 Å². The van der Waals surface area contributed by atoms with E-state index in [1.165, 1.54) is 12.7 Å². The molecule has 4 nitrogen and oxygen atoms in total. The molecule has 0 saturated heterocycles. The third-order valence-corrected chi connectivity index (χ3v) is 2.92. The van der Waals surface area contributed by atoms with Gasteiger partial charge in [0.05, 0.1) is 7.11 Å². The molecule has 0 atom stereocenters. The average molecular weight is 265 g/mol. The summed E-state index contributed by atoms with van der Waals surface area (Å²) >= 11 is 0. The number of methoxy groups -OCH3 is 1. The third-order valence-electron chi connectivity index (χ3n) is 2.92. The lowest BCUT2D eigenvalue weighted by Crippen LogP contribution is -2.17. The van der Waals surface area contributed by atoms with Gasteiger partial charge in [-0.2, -0.15) is 0 Å². The highest BCUT2D eigenvalue weighted by Gasteiger charge is 2.14. The molecule has 1 N–H and O–H groups in total. The minimum absolute atomic E-state index is 0.358. The second kappa shape index (κ2) is 7.79. The van der Waals surface area contributed by atoms with E-state index in [9.17, 15) is 4.79 Å². The molecule has 1 aromatic heterocycles. The van der Waals surface area contributed by atoms with Gasteiger partial charge in [0, 0.05) is 6.54 Å². The third kappa shape index (κ3) is 4.56. The highest BCUT2D eigenvalue weighted by molar-refractivity contribution is 5.91. The average Bonchev–Trinajstić information content (AvgIpc) is 2.77. The molecular weight excluding hydrogens is 242 g/mol. The molecule has 0 aromatic carbocycles. The molecule has 0 aliphatic rings. The Kier molecular flexibility index (Phi) is 6.36. The Morgan fingerprint density at radius 2 is 2.21 bits per heavy atom. The normalized spacial score (nSPS) is 11.7. The topological polar surface area (TPSA) is 51.5 Å². The maximum atomic E-state index is 11.5. The molecule has 0 aliphatic carbocycles. The van der Waals surface area contributed by atoms with Gasteiger partial charge in [0.25, 0.3) is 0 Å². The van der Waals surface area contributed by atoms with Crippen molar-refractivity contribution in [3.8, 4) is 0 Å². The molecule has 0 spiro atoms. The Hall–Kier alpha value is -1.55.